The molecule has 2 aromatic heterocycles. The van der Waals surface area contributed by atoms with Crippen molar-refractivity contribution in [3.8, 4) is 17.3 Å². The topological polar surface area (TPSA) is 97.5 Å². The fraction of sp³-hybridized carbons (Fsp3) is 0.300. The predicted molar refractivity (Wildman–Crippen MR) is 123 cm³/mol. The second kappa shape index (κ2) is 12.7. The van der Waals surface area contributed by atoms with E-state index >= 15 is 0 Å². The normalized spacial score (nSPS) is 10.9. The number of ether oxygens (including phenoxy) is 1. The van der Waals surface area contributed by atoms with Gasteiger partial charge in [0.1, 0.15) is 11.4 Å². The maximum Gasteiger partial charge on any atom is 0.276 e. The summed E-state index contributed by atoms with van der Waals surface area (Å²) in [5, 5.41) is 10.5. The quantitative estimate of drug-likeness (QED) is 0.199. The second-order valence-electron chi connectivity index (χ2n) is 5.92. The molecule has 0 aliphatic rings. The van der Waals surface area contributed by atoms with Gasteiger partial charge in [0.25, 0.3) is 5.89 Å². The molecule has 3 aromatic rings. The zero-order valence-electron chi connectivity index (χ0n) is 16.2. The van der Waals surface area contributed by atoms with Crippen molar-refractivity contribution in [1.82, 2.24) is 25.8 Å². The maximum atomic E-state index is 5.67. The molecule has 0 bridgehead atoms. The highest BCUT2D eigenvalue weighted by Gasteiger charge is 2.09. The molecule has 154 valence electrons. The van der Waals surface area contributed by atoms with Gasteiger partial charge in [0, 0.05) is 32.8 Å². The summed E-state index contributed by atoms with van der Waals surface area (Å²) in [4.78, 5) is 12.8. The summed E-state index contributed by atoms with van der Waals surface area (Å²) in [5.74, 6) is 2.67. The molecular weight excluding hydrogens is 483 g/mol. The lowest BCUT2D eigenvalue weighted by atomic mass is 10.3. The SMILES string of the molecule is CN=C(NCCCOc1ccccc1)NCCc1noc(-c2ccccn2)n1.I. The third-order valence-corrected chi connectivity index (χ3v) is 3.84. The van der Waals surface area contributed by atoms with Gasteiger partial charge in [-0.2, -0.15) is 4.98 Å². The summed E-state index contributed by atoms with van der Waals surface area (Å²) < 4.78 is 10.9. The first kappa shape index (κ1) is 22.6. The molecule has 0 fully saturated rings. The minimum absolute atomic E-state index is 0. The molecule has 8 nitrogen and oxygen atoms in total. The number of nitrogens with one attached hydrogen (secondary N) is 2. The maximum absolute atomic E-state index is 5.67. The van der Waals surface area contributed by atoms with Crippen LogP contribution in [0.5, 0.6) is 5.75 Å². The lowest BCUT2D eigenvalue weighted by molar-refractivity contribution is 0.311. The van der Waals surface area contributed by atoms with Gasteiger partial charge in [-0.3, -0.25) is 9.98 Å². The summed E-state index contributed by atoms with van der Waals surface area (Å²) in [5.41, 5.74) is 0.671. The molecule has 0 aliphatic heterocycles. The highest BCUT2D eigenvalue weighted by molar-refractivity contribution is 14.0. The van der Waals surface area contributed by atoms with Crippen LogP contribution in [0.2, 0.25) is 0 Å². The van der Waals surface area contributed by atoms with Crippen molar-refractivity contribution in [3.05, 3.63) is 60.6 Å². The van der Waals surface area contributed by atoms with Gasteiger partial charge in [-0.1, -0.05) is 29.4 Å². The Morgan fingerprint density at radius 2 is 1.86 bits per heavy atom. The first-order valence-corrected chi connectivity index (χ1v) is 9.21. The Morgan fingerprint density at radius 1 is 1.07 bits per heavy atom. The van der Waals surface area contributed by atoms with Gasteiger partial charge in [0.15, 0.2) is 11.8 Å². The summed E-state index contributed by atoms with van der Waals surface area (Å²) >= 11 is 0. The van der Waals surface area contributed by atoms with E-state index in [1.165, 1.54) is 0 Å². The molecule has 9 heteroatoms. The van der Waals surface area contributed by atoms with E-state index < -0.39 is 0 Å². The van der Waals surface area contributed by atoms with E-state index in [-0.39, 0.29) is 24.0 Å². The monoisotopic (exact) mass is 508 g/mol. The number of para-hydroxylation sites is 1. The minimum atomic E-state index is 0. The number of hydrogen-bond acceptors (Lipinski definition) is 6. The zero-order valence-corrected chi connectivity index (χ0v) is 18.6. The number of halogens is 1. The molecule has 0 atom stereocenters. The van der Waals surface area contributed by atoms with Crippen LogP contribution in [0.3, 0.4) is 0 Å². The Bertz CT molecular complexity index is 858. The third-order valence-electron chi connectivity index (χ3n) is 3.84. The Balaban J connectivity index is 0.00000300. The molecule has 0 aliphatic carbocycles. The fourth-order valence-electron chi connectivity index (χ4n) is 2.45. The van der Waals surface area contributed by atoms with Crippen LogP contribution >= 0.6 is 24.0 Å². The molecule has 2 N–H and O–H groups in total. The summed E-state index contributed by atoms with van der Waals surface area (Å²) in [6.07, 6.45) is 3.18. The van der Waals surface area contributed by atoms with Gasteiger partial charge in [-0.05, 0) is 30.7 Å². The Morgan fingerprint density at radius 3 is 2.62 bits per heavy atom. The minimum Gasteiger partial charge on any atom is -0.494 e. The van der Waals surface area contributed by atoms with Crippen molar-refractivity contribution in [2.45, 2.75) is 12.8 Å². The largest absolute Gasteiger partial charge is 0.494 e. The Kier molecular flexibility index (Phi) is 9.90. The molecular formula is C20H25IN6O2. The number of rotatable bonds is 9. The predicted octanol–water partition coefficient (Wildman–Crippen LogP) is 2.93. The average molecular weight is 508 g/mol. The number of pyridine rings is 1. The zero-order chi connectivity index (χ0) is 19.4. The van der Waals surface area contributed by atoms with Crippen molar-refractivity contribution < 1.29 is 9.26 Å². The Labute approximate surface area is 187 Å². The molecule has 29 heavy (non-hydrogen) atoms. The van der Waals surface area contributed by atoms with Crippen molar-refractivity contribution in [1.29, 1.82) is 0 Å². The van der Waals surface area contributed by atoms with Crippen LogP contribution in [0.15, 0.2) is 64.2 Å². The molecule has 0 radical (unpaired) electrons. The summed E-state index contributed by atoms with van der Waals surface area (Å²) in [7, 11) is 1.74. The molecule has 0 saturated heterocycles. The standard InChI is InChI=1S/C20H24N6O2.HI/c1-21-20(23-13-7-15-27-16-8-3-2-4-9-16)24-14-11-18-25-19(28-26-18)17-10-5-6-12-22-17;/h2-6,8-10,12H,7,11,13-15H2,1H3,(H2,21,23,24);1H. The van der Waals surface area contributed by atoms with E-state index in [9.17, 15) is 0 Å². The smallest absolute Gasteiger partial charge is 0.276 e. The highest BCUT2D eigenvalue weighted by atomic mass is 127. The molecule has 2 heterocycles. The van der Waals surface area contributed by atoms with Crippen molar-refractivity contribution >= 4 is 29.9 Å². The first-order valence-electron chi connectivity index (χ1n) is 9.21. The fourth-order valence-corrected chi connectivity index (χ4v) is 2.45. The number of aliphatic imine (C=N–C) groups is 1. The van der Waals surface area contributed by atoms with Crippen molar-refractivity contribution in [2.24, 2.45) is 4.99 Å². The van der Waals surface area contributed by atoms with E-state index in [2.05, 4.69) is 30.8 Å². The molecule has 0 saturated carbocycles. The molecule has 1 aromatic carbocycles. The summed E-state index contributed by atoms with van der Waals surface area (Å²) in [6.45, 7) is 2.05. The lowest BCUT2D eigenvalue weighted by Crippen LogP contribution is -2.39. The number of aromatic nitrogens is 3. The van der Waals surface area contributed by atoms with Crippen molar-refractivity contribution in [2.75, 3.05) is 26.7 Å². The van der Waals surface area contributed by atoms with Gasteiger partial charge in [-0.25, -0.2) is 0 Å². The third kappa shape index (κ3) is 7.68. The second-order valence-corrected chi connectivity index (χ2v) is 5.92. The van der Waals surface area contributed by atoms with E-state index in [1.54, 1.807) is 13.2 Å². The van der Waals surface area contributed by atoms with E-state index in [1.807, 2.05) is 48.5 Å². The van der Waals surface area contributed by atoms with Crippen molar-refractivity contribution in [3.63, 3.8) is 0 Å². The van der Waals surface area contributed by atoms with Crippen LogP contribution in [-0.2, 0) is 6.42 Å². The number of guanidine groups is 1. The van der Waals surface area contributed by atoms with Gasteiger partial charge in [0.05, 0.1) is 6.61 Å². The Hall–Kier alpha value is -2.69. The van der Waals surface area contributed by atoms with Gasteiger partial charge in [-0.15, -0.1) is 24.0 Å². The van der Waals surface area contributed by atoms with Crippen LogP contribution in [0.25, 0.3) is 11.6 Å². The molecule has 3 rings (SSSR count). The van der Waals surface area contributed by atoms with Crippen LogP contribution in [0.1, 0.15) is 12.2 Å². The average Bonchev–Trinajstić information content (AvgIpc) is 3.22. The van der Waals surface area contributed by atoms with Gasteiger partial charge < -0.3 is 19.9 Å². The molecule has 0 amide bonds. The van der Waals surface area contributed by atoms with Crippen LogP contribution in [0.4, 0.5) is 0 Å². The number of benzene rings is 1. The van der Waals surface area contributed by atoms with E-state index in [0.717, 1.165) is 24.7 Å². The number of nitrogens with zero attached hydrogens (tertiary/aromatic N) is 4. The summed E-state index contributed by atoms with van der Waals surface area (Å²) in [6, 6.07) is 15.4. The highest BCUT2D eigenvalue weighted by Crippen LogP contribution is 2.13. The lowest BCUT2D eigenvalue weighted by Gasteiger charge is -2.11. The van der Waals surface area contributed by atoms with Gasteiger partial charge >= 0.3 is 0 Å². The van der Waals surface area contributed by atoms with Crippen LogP contribution in [0, 0.1) is 0 Å². The van der Waals surface area contributed by atoms with E-state index in [0.29, 0.717) is 37.0 Å². The van der Waals surface area contributed by atoms with E-state index in [4.69, 9.17) is 9.26 Å². The van der Waals surface area contributed by atoms with Crippen LogP contribution < -0.4 is 15.4 Å². The molecule has 0 spiro atoms. The molecule has 0 unspecified atom stereocenters. The number of hydrogen-bond donors (Lipinski definition) is 2. The van der Waals surface area contributed by atoms with Gasteiger partial charge in [0.2, 0.25) is 0 Å². The van der Waals surface area contributed by atoms with Crippen LogP contribution in [-0.4, -0.2) is 47.8 Å². The first-order chi connectivity index (χ1) is 13.8.